The lowest BCUT2D eigenvalue weighted by molar-refractivity contribution is -0.133. The van der Waals surface area contributed by atoms with Gasteiger partial charge in [0.05, 0.1) is 17.1 Å². The number of hydrogen-bond donors (Lipinski definition) is 0. The smallest absolute Gasteiger partial charge is 0.256 e. The molecule has 0 bridgehead atoms. The van der Waals surface area contributed by atoms with Crippen LogP contribution in [0.3, 0.4) is 0 Å². The molecule has 0 N–H and O–H groups in total. The van der Waals surface area contributed by atoms with E-state index in [-0.39, 0.29) is 36.2 Å². The van der Waals surface area contributed by atoms with E-state index in [0.29, 0.717) is 35.2 Å². The number of thiophene rings is 1. The summed E-state index contributed by atoms with van der Waals surface area (Å²) in [5, 5.41) is 2.77. The van der Waals surface area contributed by atoms with Crippen molar-refractivity contribution in [3.05, 3.63) is 79.5 Å². The number of hydrogen-bond acceptors (Lipinski definition) is 5. The Labute approximate surface area is 218 Å². The summed E-state index contributed by atoms with van der Waals surface area (Å²) in [6, 6.07) is 12.6. The van der Waals surface area contributed by atoms with Crippen molar-refractivity contribution in [1.82, 2.24) is 9.80 Å². The Morgan fingerprint density at radius 3 is 2.54 bits per heavy atom. The van der Waals surface area contributed by atoms with Crippen molar-refractivity contribution in [2.45, 2.75) is 38.9 Å². The van der Waals surface area contributed by atoms with Gasteiger partial charge in [0.25, 0.3) is 5.91 Å². The fourth-order valence-electron chi connectivity index (χ4n) is 4.05. The van der Waals surface area contributed by atoms with E-state index in [0.717, 1.165) is 28.8 Å². The third kappa shape index (κ3) is 5.42. The van der Waals surface area contributed by atoms with Crippen LogP contribution in [0.5, 0.6) is 11.5 Å². The van der Waals surface area contributed by atoms with Crippen LogP contribution in [0, 0.1) is 6.92 Å². The number of rotatable bonds is 8. The first-order chi connectivity index (χ1) is 16.9. The highest BCUT2D eigenvalue weighted by atomic mass is 35.5. The number of carbonyl (C=O) groups excluding carboxylic acids is 2. The summed E-state index contributed by atoms with van der Waals surface area (Å²) in [7, 11) is 0. The van der Waals surface area contributed by atoms with E-state index >= 15 is 0 Å². The highest BCUT2D eigenvalue weighted by molar-refractivity contribution is 7.10. The van der Waals surface area contributed by atoms with Crippen molar-refractivity contribution in [2.75, 3.05) is 13.3 Å². The SMILES string of the molecule is Cc1ccsc1CN(Cc1ccc2c(c1)OCO2)C(=O)CN(C(=O)c1ccc(Cl)cc1Cl)C1CC1. The van der Waals surface area contributed by atoms with Gasteiger partial charge in [-0.2, -0.15) is 0 Å². The summed E-state index contributed by atoms with van der Waals surface area (Å²) < 4.78 is 10.9. The van der Waals surface area contributed by atoms with Gasteiger partial charge in [-0.1, -0.05) is 29.3 Å². The molecule has 1 aliphatic carbocycles. The first-order valence-corrected chi connectivity index (χ1v) is 13.0. The van der Waals surface area contributed by atoms with Crippen LogP contribution in [0.1, 0.15) is 39.2 Å². The van der Waals surface area contributed by atoms with Crippen LogP contribution in [0.25, 0.3) is 0 Å². The number of ether oxygens (including phenoxy) is 2. The number of aryl methyl sites for hydroxylation is 1. The largest absolute Gasteiger partial charge is 0.454 e. The van der Waals surface area contributed by atoms with E-state index in [9.17, 15) is 9.59 Å². The number of benzene rings is 2. The normalized spacial score (nSPS) is 14.1. The first kappa shape index (κ1) is 24.0. The zero-order chi connectivity index (χ0) is 24.5. The van der Waals surface area contributed by atoms with Gasteiger partial charge in [-0.25, -0.2) is 0 Å². The summed E-state index contributed by atoms with van der Waals surface area (Å²) in [5.41, 5.74) is 2.43. The van der Waals surface area contributed by atoms with Crippen LogP contribution >= 0.6 is 34.5 Å². The third-order valence-electron chi connectivity index (χ3n) is 6.18. The van der Waals surface area contributed by atoms with Crippen molar-refractivity contribution in [2.24, 2.45) is 0 Å². The predicted molar refractivity (Wildman–Crippen MR) is 136 cm³/mol. The molecule has 3 aromatic rings. The number of carbonyl (C=O) groups is 2. The summed E-state index contributed by atoms with van der Waals surface area (Å²) in [5.74, 6) is 0.999. The van der Waals surface area contributed by atoms with Crippen LogP contribution in [-0.4, -0.2) is 41.0 Å². The molecule has 6 nitrogen and oxygen atoms in total. The van der Waals surface area contributed by atoms with E-state index in [1.165, 1.54) is 0 Å². The van der Waals surface area contributed by atoms with Gasteiger partial charge in [-0.15, -0.1) is 11.3 Å². The average molecular weight is 531 g/mol. The first-order valence-electron chi connectivity index (χ1n) is 11.3. The van der Waals surface area contributed by atoms with Gasteiger partial charge < -0.3 is 19.3 Å². The molecule has 35 heavy (non-hydrogen) atoms. The minimum Gasteiger partial charge on any atom is -0.454 e. The molecule has 0 radical (unpaired) electrons. The summed E-state index contributed by atoms with van der Waals surface area (Å²) in [6.07, 6.45) is 1.74. The Morgan fingerprint density at radius 1 is 1.03 bits per heavy atom. The fraction of sp³-hybridized carbons (Fsp3) is 0.308. The molecule has 5 rings (SSSR count). The molecule has 9 heteroatoms. The molecule has 1 saturated carbocycles. The molecule has 2 aliphatic rings. The molecular weight excluding hydrogens is 507 g/mol. The minimum atomic E-state index is -0.252. The Balaban J connectivity index is 1.38. The maximum atomic E-state index is 13.7. The number of fused-ring (bicyclic) bond motifs is 1. The Morgan fingerprint density at radius 2 is 1.83 bits per heavy atom. The second kappa shape index (κ2) is 10.1. The predicted octanol–water partition coefficient (Wildman–Crippen LogP) is 5.93. The van der Waals surface area contributed by atoms with Gasteiger partial charge in [-0.3, -0.25) is 9.59 Å². The number of halogens is 2. The molecule has 1 fully saturated rings. The van der Waals surface area contributed by atoms with Gasteiger partial charge in [0.15, 0.2) is 11.5 Å². The molecule has 0 unspecified atom stereocenters. The second-order valence-electron chi connectivity index (χ2n) is 8.75. The standard InChI is InChI=1S/C26H24Cl2N2O4S/c1-16-8-9-35-24(16)13-29(12-17-2-7-22-23(10-17)34-15-33-22)25(31)14-30(19-4-5-19)26(32)20-6-3-18(27)11-21(20)28/h2-3,6-11,19H,4-5,12-15H2,1H3. The lowest BCUT2D eigenvalue weighted by atomic mass is 10.1. The van der Waals surface area contributed by atoms with Gasteiger partial charge >= 0.3 is 0 Å². The van der Waals surface area contributed by atoms with E-state index < -0.39 is 0 Å². The van der Waals surface area contributed by atoms with Crippen LogP contribution in [0.4, 0.5) is 0 Å². The van der Waals surface area contributed by atoms with Crippen LogP contribution in [0.15, 0.2) is 47.8 Å². The quantitative estimate of drug-likeness (QED) is 0.362. The van der Waals surface area contributed by atoms with Crippen LogP contribution in [0.2, 0.25) is 10.0 Å². The maximum absolute atomic E-state index is 13.7. The molecule has 0 saturated heterocycles. The highest BCUT2D eigenvalue weighted by Gasteiger charge is 2.36. The molecule has 1 aliphatic heterocycles. The molecule has 1 aromatic heterocycles. The van der Waals surface area contributed by atoms with Gasteiger partial charge in [0.1, 0.15) is 6.54 Å². The molecular formula is C26H24Cl2N2O4S. The highest BCUT2D eigenvalue weighted by Crippen LogP contribution is 2.34. The second-order valence-corrected chi connectivity index (χ2v) is 10.6. The summed E-state index contributed by atoms with van der Waals surface area (Å²) >= 11 is 13.9. The summed E-state index contributed by atoms with van der Waals surface area (Å²) in [6.45, 7) is 3.07. The zero-order valence-corrected chi connectivity index (χ0v) is 21.5. The van der Waals surface area contributed by atoms with Crippen molar-refractivity contribution in [3.63, 3.8) is 0 Å². The van der Waals surface area contributed by atoms with E-state index in [4.69, 9.17) is 32.7 Å². The number of nitrogens with zero attached hydrogens (tertiary/aromatic N) is 2. The molecule has 2 aromatic carbocycles. The molecule has 182 valence electrons. The molecule has 0 spiro atoms. The van der Waals surface area contributed by atoms with Crippen molar-refractivity contribution < 1.29 is 19.1 Å². The van der Waals surface area contributed by atoms with Gasteiger partial charge in [-0.05, 0) is 72.7 Å². The lowest BCUT2D eigenvalue weighted by Crippen LogP contribution is -2.43. The fourth-order valence-corrected chi connectivity index (χ4v) is 5.46. The number of amides is 2. The minimum absolute atomic E-state index is 0.0164. The molecule has 2 heterocycles. The molecule has 2 amide bonds. The van der Waals surface area contributed by atoms with Crippen molar-refractivity contribution in [3.8, 4) is 11.5 Å². The van der Waals surface area contributed by atoms with Crippen LogP contribution in [-0.2, 0) is 17.9 Å². The zero-order valence-electron chi connectivity index (χ0n) is 19.1. The monoisotopic (exact) mass is 530 g/mol. The van der Waals surface area contributed by atoms with Gasteiger partial charge in [0, 0.05) is 22.5 Å². The Kier molecular flexibility index (Phi) is 6.91. The average Bonchev–Trinajstić information content (AvgIpc) is 3.43. The summed E-state index contributed by atoms with van der Waals surface area (Å²) in [4.78, 5) is 31.6. The van der Waals surface area contributed by atoms with E-state index in [1.807, 2.05) is 36.6 Å². The topological polar surface area (TPSA) is 59.1 Å². The molecule has 0 atom stereocenters. The Hall–Kier alpha value is -2.74. The van der Waals surface area contributed by atoms with Crippen molar-refractivity contribution >= 4 is 46.4 Å². The lowest BCUT2D eigenvalue weighted by Gasteiger charge is -2.28. The van der Waals surface area contributed by atoms with Crippen molar-refractivity contribution in [1.29, 1.82) is 0 Å². The third-order valence-corrected chi connectivity index (χ3v) is 7.74. The van der Waals surface area contributed by atoms with Gasteiger partial charge in [0.2, 0.25) is 12.7 Å². The van der Waals surface area contributed by atoms with E-state index in [1.54, 1.807) is 39.3 Å². The Bertz CT molecular complexity index is 1270. The maximum Gasteiger partial charge on any atom is 0.256 e. The van der Waals surface area contributed by atoms with Crippen LogP contribution < -0.4 is 9.47 Å². The van der Waals surface area contributed by atoms with E-state index in [2.05, 4.69) is 0 Å².